The van der Waals surface area contributed by atoms with Crippen LogP contribution in [0.25, 0.3) is 0 Å². The molecule has 0 amide bonds. The molecule has 1 atom stereocenters. The highest BCUT2D eigenvalue weighted by molar-refractivity contribution is 6.30. The number of hydrogen-bond donors (Lipinski definition) is 1. The number of halogens is 1. The van der Waals surface area contributed by atoms with Crippen LogP contribution >= 0.6 is 11.6 Å². The SMILES string of the molecule is Clc1ccc([C@H](CNc2cnccn2)N2CCCC2)cc1. The van der Waals surface area contributed by atoms with Gasteiger partial charge in [-0.1, -0.05) is 23.7 Å². The summed E-state index contributed by atoms with van der Waals surface area (Å²) in [5.74, 6) is 0.815. The quantitative estimate of drug-likeness (QED) is 0.919. The second kappa shape index (κ2) is 6.87. The van der Waals surface area contributed by atoms with Crippen LogP contribution in [0.2, 0.25) is 5.02 Å². The lowest BCUT2D eigenvalue weighted by atomic mass is 10.1. The standard InChI is InChI=1S/C16H19ClN4/c17-14-5-3-13(4-6-14)15(21-9-1-2-10-21)11-20-16-12-18-7-8-19-16/h3-8,12,15H,1-2,9-11H2,(H,19,20)/t15-/m0/s1. The molecule has 21 heavy (non-hydrogen) atoms. The minimum Gasteiger partial charge on any atom is -0.367 e. The molecule has 0 spiro atoms. The Kier molecular flexibility index (Phi) is 4.68. The fourth-order valence-electron chi connectivity index (χ4n) is 2.79. The van der Waals surface area contributed by atoms with E-state index >= 15 is 0 Å². The van der Waals surface area contributed by atoms with E-state index in [1.54, 1.807) is 18.6 Å². The summed E-state index contributed by atoms with van der Waals surface area (Å²) in [5, 5.41) is 4.16. The van der Waals surface area contributed by atoms with E-state index in [9.17, 15) is 0 Å². The zero-order valence-corrected chi connectivity index (χ0v) is 12.6. The number of rotatable bonds is 5. The Hall–Kier alpha value is -1.65. The van der Waals surface area contributed by atoms with Crippen LogP contribution in [0.15, 0.2) is 42.9 Å². The molecule has 0 unspecified atom stereocenters. The normalized spacial score (nSPS) is 16.8. The van der Waals surface area contributed by atoms with Gasteiger partial charge < -0.3 is 5.32 Å². The average molecular weight is 303 g/mol. The molecule has 2 aromatic rings. The topological polar surface area (TPSA) is 41.1 Å². The largest absolute Gasteiger partial charge is 0.367 e. The maximum absolute atomic E-state index is 6.00. The number of aromatic nitrogens is 2. The molecule has 0 bridgehead atoms. The third-order valence-corrected chi connectivity index (χ3v) is 4.13. The summed E-state index contributed by atoms with van der Waals surface area (Å²) in [6, 6.07) is 8.49. The van der Waals surface area contributed by atoms with Crippen LogP contribution in [0.3, 0.4) is 0 Å². The molecule has 1 fully saturated rings. The van der Waals surface area contributed by atoms with Gasteiger partial charge in [-0.3, -0.25) is 9.88 Å². The highest BCUT2D eigenvalue weighted by Crippen LogP contribution is 2.26. The summed E-state index contributed by atoms with van der Waals surface area (Å²) < 4.78 is 0. The molecule has 0 aliphatic carbocycles. The summed E-state index contributed by atoms with van der Waals surface area (Å²) in [6.45, 7) is 3.12. The van der Waals surface area contributed by atoms with Crippen molar-refractivity contribution in [2.45, 2.75) is 18.9 Å². The van der Waals surface area contributed by atoms with Crippen molar-refractivity contribution >= 4 is 17.4 Å². The van der Waals surface area contributed by atoms with E-state index in [0.29, 0.717) is 6.04 Å². The maximum Gasteiger partial charge on any atom is 0.144 e. The van der Waals surface area contributed by atoms with E-state index in [4.69, 9.17) is 11.6 Å². The van der Waals surface area contributed by atoms with Crippen molar-refractivity contribution in [1.82, 2.24) is 14.9 Å². The van der Waals surface area contributed by atoms with Gasteiger partial charge in [-0.25, -0.2) is 4.98 Å². The lowest BCUT2D eigenvalue weighted by Crippen LogP contribution is -2.31. The molecule has 1 N–H and O–H groups in total. The molecular weight excluding hydrogens is 284 g/mol. The van der Waals surface area contributed by atoms with Gasteiger partial charge in [-0.05, 0) is 43.6 Å². The number of likely N-dealkylation sites (tertiary alicyclic amines) is 1. The van der Waals surface area contributed by atoms with Gasteiger partial charge in [0.1, 0.15) is 5.82 Å². The Balaban J connectivity index is 1.74. The van der Waals surface area contributed by atoms with E-state index in [2.05, 4.69) is 32.3 Å². The predicted octanol–water partition coefficient (Wildman–Crippen LogP) is 3.38. The fraction of sp³-hybridized carbons (Fsp3) is 0.375. The molecule has 1 aliphatic heterocycles. The molecule has 1 aromatic carbocycles. The third kappa shape index (κ3) is 3.71. The fourth-order valence-corrected chi connectivity index (χ4v) is 2.91. The zero-order valence-electron chi connectivity index (χ0n) is 11.9. The number of anilines is 1. The van der Waals surface area contributed by atoms with Crippen molar-refractivity contribution < 1.29 is 0 Å². The van der Waals surface area contributed by atoms with Gasteiger partial charge in [0.2, 0.25) is 0 Å². The van der Waals surface area contributed by atoms with E-state index < -0.39 is 0 Å². The lowest BCUT2D eigenvalue weighted by Gasteiger charge is -2.28. The van der Waals surface area contributed by atoms with Gasteiger partial charge in [0.15, 0.2) is 0 Å². The molecule has 2 heterocycles. The van der Waals surface area contributed by atoms with Gasteiger partial charge in [-0.2, -0.15) is 0 Å². The summed E-state index contributed by atoms with van der Waals surface area (Å²) in [4.78, 5) is 10.9. The first-order valence-electron chi connectivity index (χ1n) is 7.32. The van der Waals surface area contributed by atoms with Crippen LogP contribution in [0, 0.1) is 0 Å². The van der Waals surface area contributed by atoms with Crippen LogP contribution in [0.1, 0.15) is 24.4 Å². The Morgan fingerprint density at radius 2 is 1.90 bits per heavy atom. The van der Waals surface area contributed by atoms with Crippen molar-refractivity contribution in [3.8, 4) is 0 Å². The van der Waals surface area contributed by atoms with Crippen LogP contribution < -0.4 is 5.32 Å². The van der Waals surface area contributed by atoms with Crippen LogP contribution in [-0.4, -0.2) is 34.5 Å². The second-order valence-corrected chi connectivity index (χ2v) is 5.72. The summed E-state index contributed by atoms with van der Waals surface area (Å²) in [7, 11) is 0. The van der Waals surface area contributed by atoms with E-state index in [1.807, 2.05) is 12.1 Å². The van der Waals surface area contributed by atoms with Crippen molar-refractivity contribution in [3.63, 3.8) is 0 Å². The van der Waals surface area contributed by atoms with Crippen molar-refractivity contribution in [3.05, 3.63) is 53.4 Å². The molecule has 1 aromatic heterocycles. The molecule has 5 heteroatoms. The first-order chi connectivity index (χ1) is 10.3. The highest BCUT2D eigenvalue weighted by Gasteiger charge is 2.23. The summed E-state index contributed by atoms with van der Waals surface area (Å²) in [5.41, 5.74) is 1.29. The van der Waals surface area contributed by atoms with Crippen molar-refractivity contribution in [2.75, 3.05) is 25.0 Å². The molecule has 110 valence electrons. The lowest BCUT2D eigenvalue weighted by molar-refractivity contribution is 0.256. The van der Waals surface area contributed by atoms with Crippen molar-refractivity contribution in [2.24, 2.45) is 0 Å². The second-order valence-electron chi connectivity index (χ2n) is 5.28. The van der Waals surface area contributed by atoms with Gasteiger partial charge >= 0.3 is 0 Å². The van der Waals surface area contributed by atoms with Crippen LogP contribution in [0.4, 0.5) is 5.82 Å². The Labute approximate surface area is 130 Å². The monoisotopic (exact) mass is 302 g/mol. The van der Waals surface area contributed by atoms with E-state index in [0.717, 1.165) is 30.5 Å². The summed E-state index contributed by atoms with van der Waals surface area (Å²) >= 11 is 6.00. The van der Waals surface area contributed by atoms with Gasteiger partial charge in [0.25, 0.3) is 0 Å². The van der Waals surface area contributed by atoms with E-state index in [1.165, 1.54) is 18.4 Å². The Morgan fingerprint density at radius 1 is 1.14 bits per heavy atom. The number of nitrogens with zero attached hydrogens (tertiary/aromatic N) is 3. The number of nitrogens with one attached hydrogen (secondary N) is 1. The van der Waals surface area contributed by atoms with Crippen LogP contribution in [-0.2, 0) is 0 Å². The number of benzene rings is 1. The molecule has 4 nitrogen and oxygen atoms in total. The molecule has 0 saturated carbocycles. The maximum atomic E-state index is 6.00. The first kappa shape index (κ1) is 14.3. The first-order valence-corrected chi connectivity index (χ1v) is 7.70. The summed E-state index contributed by atoms with van der Waals surface area (Å²) in [6.07, 6.45) is 7.69. The van der Waals surface area contributed by atoms with Gasteiger partial charge in [0.05, 0.1) is 12.2 Å². The molecule has 3 rings (SSSR count). The Morgan fingerprint density at radius 3 is 2.57 bits per heavy atom. The number of hydrogen-bond acceptors (Lipinski definition) is 4. The molecule has 1 saturated heterocycles. The Bertz CT molecular complexity index is 552. The average Bonchev–Trinajstić information content (AvgIpc) is 3.04. The van der Waals surface area contributed by atoms with Crippen LogP contribution in [0.5, 0.6) is 0 Å². The van der Waals surface area contributed by atoms with Gasteiger partial charge in [0, 0.05) is 24.0 Å². The molecule has 0 radical (unpaired) electrons. The third-order valence-electron chi connectivity index (χ3n) is 3.88. The van der Waals surface area contributed by atoms with Gasteiger partial charge in [-0.15, -0.1) is 0 Å². The highest BCUT2D eigenvalue weighted by atomic mass is 35.5. The smallest absolute Gasteiger partial charge is 0.144 e. The minimum atomic E-state index is 0.340. The van der Waals surface area contributed by atoms with E-state index in [-0.39, 0.29) is 0 Å². The predicted molar refractivity (Wildman–Crippen MR) is 85.5 cm³/mol. The van der Waals surface area contributed by atoms with Crippen molar-refractivity contribution in [1.29, 1.82) is 0 Å². The zero-order chi connectivity index (χ0) is 14.5. The molecule has 1 aliphatic rings. The molecular formula is C16H19ClN4. The minimum absolute atomic E-state index is 0.340.